The predicted molar refractivity (Wildman–Crippen MR) is 94.4 cm³/mol. The van der Waals surface area contributed by atoms with Crippen molar-refractivity contribution in [2.24, 2.45) is 0 Å². The van der Waals surface area contributed by atoms with E-state index in [2.05, 4.69) is 20.2 Å². The van der Waals surface area contributed by atoms with Gasteiger partial charge in [-0.25, -0.2) is 13.1 Å². The Morgan fingerprint density at radius 3 is 2.32 bits per heavy atom. The third kappa shape index (κ3) is 3.67. The number of rotatable bonds is 5. The van der Waals surface area contributed by atoms with Crippen LogP contribution in [0.2, 0.25) is 10.0 Å². The normalized spacial score (nSPS) is 12.9. The molecule has 10 heteroatoms. The van der Waals surface area contributed by atoms with E-state index in [-0.39, 0.29) is 14.9 Å². The van der Waals surface area contributed by atoms with Crippen molar-refractivity contribution in [2.75, 3.05) is 0 Å². The monoisotopic (exact) mass is 397 g/mol. The molecule has 3 aromatic rings. The van der Waals surface area contributed by atoms with E-state index >= 15 is 0 Å². The number of benzene rings is 2. The van der Waals surface area contributed by atoms with Crippen molar-refractivity contribution in [3.8, 4) is 5.69 Å². The molecule has 0 aliphatic carbocycles. The number of aromatic nitrogens is 4. The largest absolute Gasteiger partial charge is 0.244 e. The number of nitrogens with one attached hydrogen (secondary N) is 1. The Morgan fingerprint density at radius 2 is 1.68 bits per heavy atom. The Bertz CT molecular complexity index is 972. The third-order valence-corrected chi connectivity index (χ3v) is 5.90. The highest BCUT2D eigenvalue weighted by molar-refractivity contribution is 7.89. The van der Waals surface area contributed by atoms with Gasteiger partial charge >= 0.3 is 0 Å². The molecular weight excluding hydrogens is 385 g/mol. The molecule has 0 radical (unpaired) electrons. The quantitative estimate of drug-likeness (QED) is 0.714. The van der Waals surface area contributed by atoms with Crippen LogP contribution in [-0.4, -0.2) is 28.6 Å². The molecule has 0 amide bonds. The average molecular weight is 398 g/mol. The molecule has 1 aromatic heterocycles. The molecule has 1 unspecified atom stereocenters. The summed E-state index contributed by atoms with van der Waals surface area (Å²) in [5.74, 6) is 0.331. The molecule has 0 bridgehead atoms. The minimum absolute atomic E-state index is 0.0369. The van der Waals surface area contributed by atoms with E-state index in [9.17, 15) is 8.42 Å². The average Bonchev–Trinajstić information content (AvgIpc) is 3.04. The van der Waals surface area contributed by atoms with E-state index in [0.717, 1.165) is 0 Å². The van der Waals surface area contributed by atoms with Crippen LogP contribution in [0.15, 0.2) is 53.4 Å². The summed E-state index contributed by atoms with van der Waals surface area (Å²) in [6, 6.07) is 12.9. The summed E-state index contributed by atoms with van der Waals surface area (Å²) in [6.45, 7) is 1.63. The molecule has 1 N–H and O–H groups in total. The highest BCUT2D eigenvalue weighted by Crippen LogP contribution is 2.30. The van der Waals surface area contributed by atoms with Crippen molar-refractivity contribution in [1.29, 1.82) is 0 Å². The van der Waals surface area contributed by atoms with Crippen LogP contribution in [0.25, 0.3) is 5.69 Å². The van der Waals surface area contributed by atoms with Crippen molar-refractivity contribution in [1.82, 2.24) is 24.9 Å². The van der Waals surface area contributed by atoms with E-state index in [1.165, 1.54) is 16.8 Å². The SMILES string of the molecule is CC(NS(=O)(=O)c1c(Cl)cccc1Cl)c1nnnn1-c1ccccc1. The summed E-state index contributed by atoms with van der Waals surface area (Å²) in [6.07, 6.45) is 0. The minimum Gasteiger partial charge on any atom is -0.207 e. The topological polar surface area (TPSA) is 89.8 Å². The molecule has 2 aromatic carbocycles. The van der Waals surface area contributed by atoms with Gasteiger partial charge in [-0.2, -0.15) is 4.68 Å². The van der Waals surface area contributed by atoms with Crippen LogP contribution in [0.5, 0.6) is 0 Å². The van der Waals surface area contributed by atoms with Crippen LogP contribution < -0.4 is 4.72 Å². The third-order valence-electron chi connectivity index (χ3n) is 3.40. The first-order chi connectivity index (χ1) is 11.9. The number of halogens is 2. The number of sulfonamides is 1. The summed E-state index contributed by atoms with van der Waals surface area (Å²) >= 11 is 12.0. The number of hydrogen-bond acceptors (Lipinski definition) is 5. The summed E-state index contributed by atoms with van der Waals surface area (Å²) in [5.41, 5.74) is 0.712. The van der Waals surface area contributed by atoms with Gasteiger partial charge < -0.3 is 0 Å². The van der Waals surface area contributed by atoms with Gasteiger partial charge in [-0.15, -0.1) is 5.10 Å². The van der Waals surface area contributed by atoms with Crippen molar-refractivity contribution < 1.29 is 8.42 Å². The van der Waals surface area contributed by atoms with Gasteiger partial charge in [0.15, 0.2) is 5.82 Å². The molecule has 0 fully saturated rings. The van der Waals surface area contributed by atoms with Crippen LogP contribution >= 0.6 is 23.2 Å². The fourth-order valence-corrected chi connectivity index (χ4v) is 4.65. The highest BCUT2D eigenvalue weighted by atomic mass is 35.5. The summed E-state index contributed by atoms with van der Waals surface area (Å²) in [4.78, 5) is -0.177. The molecule has 1 atom stereocenters. The van der Waals surface area contributed by atoms with Crippen molar-refractivity contribution in [3.63, 3.8) is 0 Å². The van der Waals surface area contributed by atoms with Crippen LogP contribution in [0.4, 0.5) is 0 Å². The highest BCUT2D eigenvalue weighted by Gasteiger charge is 2.26. The summed E-state index contributed by atoms with van der Waals surface area (Å²) in [5, 5.41) is 11.5. The van der Waals surface area contributed by atoms with E-state index in [1.807, 2.05) is 30.3 Å². The molecule has 0 saturated carbocycles. The molecule has 0 aliphatic rings. The second kappa shape index (κ2) is 7.09. The number of para-hydroxylation sites is 1. The van der Waals surface area contributed by atoms with Gasteiger partial charge in [0.05, 0.1) is 21.8 Å². The van der Waals surface area contributed by atoms with E-state index < -0.39 is 16.1 Å². The standard InChI is InChI=1S/C15H13Cl2N5O2S/c1-10(15-18-20-21-22(15)11-6-3-2-4-7-11)19-25(23,24)14-12(16)8-5-9-13(14)17/h2-10,19H,1H3. The zero-order valence-electron chi connectivity index (χ0n) is 13.0. The molecule has 130 valence electrons. The van der Waals surface area contributed by atoms with Gasteiger partial charge in [0, 0.05) is 0 Å². The maximum absolute atomic E-state index is 12.7. The second-order valence-electron chi connectivity index (χ2n) is 5.18. The lowest BCUT2D eigenvalue weighted by Crippen LogP contribution is -2.29. The molecule has 0 saturated heterocycles. The number of hydrogen-bond donors (Lipinski definition) is 1. The second-order valence-corrected chi connectivity index (χ2v) is 7.64. The Kier molecular flexibility index (Phi) is 5.05. The molecule has 7 nitrogen and oxygen atoms in total. The van der Waals surface area contributed by atoms with Gasteiger partial charge in [-0.1, -0.05) is 47.5 Å². The zero-order chi connectivity index (χ0) is 18.0. The first kappa shape index (κ1) is 17.8. The Balaban J connectivity index is 1.94. The number of tetrazole rings is 1. The Labute approximate surface area is 154 Å². The lowest BCUT2D eigenvalue weighted by Gasteiger charge is -2.15. The van der Waals surface area contributed by atoms with Crippen LogP contribution in [0.3, 0.4) is 0 Å². The van der Waals surface area contributed by atoms with Gasteiger partial charge in [-0.3, -0.25) is 0 Å². The number of nitrogens with zero attached hydrogens (tertiary/aromatic N) is 4. The molecule has 1 heterocycles. The molecule has 0 aliphatic heterocycles. The van der Waals surface area contributed by atoms with Crippen LogP contribution in [0, 0.1) is 0 Å². The van der Waals surface area contributed by atoms with Crippen LogP contribution in [-0.2, 0) is 10.0 Å². The van der Waals surface area contributed by atoms with Gasteiger partial charge in [-0.05, 0) is 41.6 Å². The van der Waals surface area contributed by atoms with Crippen molar-refractivity contribution >= 4 is 33.2 Å². The first-order valence-electron chi connectivity index (χ1n) is 7.20. The molecule has 25 heavy (non-hydrogen) atoms. The lowest BCUT2D eigenvalue weighted by molar-refractivity contribution is 0.555. The fraction of sp³-hybridized carbons (Fsp3) is 0.133. The zero-order valence-corrected chi connectivity index (χ0v) is 15.3. The van der Waals surface area contributed by atoms with Crippen molar-refractivity contribution in [2.45, 2.75) is 17.9 Å². The van der Waals surface area contributed by atoms with Crippen LogP contribution in [0.1, 0.15) is 18.8 Å². The maximum atomic E-state index is 12.7. The van der Waals surface area contributed by atoms with Gasteiger partial charge in [0.25, 0.3) is 0 Å². The molecule has 0 spiro atoms. The predicted octanol–water partition coefficient (Wildman–Crippen LogP) is 3.01. The smallest absolute Gasteiger partial charge is 0.207 e. The fourth-order valence-electron chi connectivity index (χ4n) is 2.30. The van der Waals surface area contributed by atoms with Gasteiger partial charge in [0.2, 0.25) is 10.0 Å². The van der Waals surface area contributed by atoms with E-state index in [1.54, 1.807) is 13.0 Å². The van der Waals surface area contributed by atoms with E-state index in [0.29, 0.717) is 11.5 Å². The van der Waals surface area contributed by atoms with Crippen molar-refractivity contribution in [3.05, 3.63) is 64.4 Å². The summed E-state index contributed by atoms with van der Waals surface area (Å²) in [7, 11) is -3.97. The first-order valence-corrected chi connectivity index (χ1v) is 9.44. The Morgan fingerprint density at radius 1 is 1.04 bits per heavy atom. The van der Waals surface area contributed by atoms with E-state index in [4.69, 9.17) is 23.2 Å². The lowest BCUT2D eigenvalue weighted by atomic mass is 10.3. The molecule has 3 rings (SSSR count). The Hall–Kier alpha value is -2.00. The maximum Gasteiger partial charge on any atom is 0.244 e. The summed E-state index contributed by atoms with van der Waals surface area (Å²) < 4.78 is 29.3. The minimum atomic E-state index is -3.97. The molecular formula is C15H13Cl2N5O2S. The van der Waals surface area contributed by atoms with Gasteiger partial charge in [0.1, 0.15) is 4.90 Å².